The van der Waals surface area contributed by atoms with E-state index in [-0.39, 0.29) is 6.04 Å². The molecule has 6 heteroatoms. The van der Waals surface area contributed by atoms with Crippen LogP contribution in [0.1, 0.15) is 24.0 Å². The van der Waals surface area contributed by atoms with Crippen molar-refractivity contribution < 1.29 is 9.90 Å². The number of nitrogens with two attached hydrogens (primary N) is 1. The lowest BCUT2D eigenvalue weighted by Crippen LogP contribution is -2.44. The maximum atomic E-state index is 10.8. The van der Waals surface area contributed by atoms with Crippen molar-refractivity contribution in [2.75, 3.05) is 23.7 Å². The normalized spacial score (nSPS) is 15.2. The number of carbonyl (C=O) groups is 1. The lowest BCUT2D eigenvalue weighted by atomic mass is 9.98. The fourth-order valence-corrected chi connectivity index (χ4v) is 3.59. The van der Waals surface area contributed by atoms with Crippen LogP contribution in [-0.4, -0.2) is 35.3 Å². The summed E-state index contributed by atoms with van der Waals surface area (Å²) in [4.78, 5) is 17.4. The minimum atomic E-state index is -0.960. The molecule has 132 valence electrons. The number of hydrogen-bond acceptors (Lipinski definition) is 4. The van der Waals surface area contributed by atoms with E-state index in [1.165, 1.54) is 11.1 Å². The van der Waals surface area contributed by atoms with Crippen molar-refractivity contribution >= 4 is 17.5 Å². The lowest BCUT2D eigenvalue weighted by molar-refractivity contribution is 0.187. The van der Waals surface area contributed by atoms with Crippen LogP contribution < -0.4 is 16.0 Å². The third-order valence-electron chi connectivity index (χ3n) is 4.62. The Morgan fingerprint density at radius 1 is 1.20 bits per heavy atom. The summed E-state index contributed by atoms with van der Waals surface area (Å²) in [6.45, 7) is 5.69. The summed E-state index contributed by atoms with van der Waals surface area (Å²) < 4.78 is 0. The first kappa shape index (κ1) is 17.1. The van der Waals surface area contributed by atoms with Crippen LogP contribution in [0.4, 0.5) is 16.2 Å². The van der Waals surface area contributed by atoms with Crippen LogP contribution in [0, 0.1) is 13.8 Å². The number of hydrogen-bond donors (Lipinski definition) is 3. The van der Waals surface area contributed by atoms with Gasteiger partial charge in [-0.3, -0.25) is 4.98 Å². The van der Waals surface area contributed by atoms with Crippen LogP contribution in [-0.2, 0) is 0 Å². The molecule has 2 heterocycles. The highest BCUT2D eigenvalue weighted by Gasteiger charge is 2.24. The molecule has 0 radical (unpaired) electrons. The number of rotatable bonds is 3. The molecule has 3 rings (SSSR count). The molecule has 1 aromatic carbocycles. The molecule has 1 fully saturated rings. The molecule has 0 spiro atoms. The molecular formula is C19H24N4O2. The number of benzene rings is 1. The third kappa shape index (κ3) is 3.84. The molecule has 0 saturated carbocycles. The van der Waals surface area contributed by atoms with Crippen molar-refractivity contribution in [2.45, 2.75) is 32.7 Å². The van der Waals surface area contributed by atoms with Crippen molar-refractivity contribution in [2.24, 2.45) is 0 Å². The van der Waals surface area contributed by atoms with Crippen LogP contribution >= 0.6 is 0 Å². The molecule has 4 N–H and O–H groups in total. The maximum Gasteiger partial charge on any atom is 0.404 e. The van der Waals surface area contributed by atoms with Gasteiger partial charge in [-0.1, -0.05) is 29.3 Å². The maximum absolute atomic E-state index is 10.8. The number of pyridine rings is 1. The third-order valence-corrected chi connectivity index (χ3v) is 4.62. The van der Waals surface area contributed by atoms with Gasteiger partial charge in [0.15, 0.2) is 0 Å². The average molecular weight is 340 g/mol. The predicted octanol–water partition coefficient (Wildman–Crippen LogP) is 3.18. The molecule has 2 aromatic rings. The second-order valence-electron chi connectivity index (χ2n) is 6.71. The molecule has 0 unspecified atom stereocenters. The SMILES string of the molecule is Cc1cc(C)cc(-c2cncc(N)c2N2CCC(NC(=O)O)CC2)c1. The Balaban J connectivity index is 1.91. The van der Waals surface area contributed by atoms with E-state index >= 15 is 0 Å². The van der Waals surface area contributed by atoms with Gasteiger partial charge in [0.2, 0.25) is 0 Å². The van der Waals surface area contributed by atoms with E-state index < -0.39 is 6.09 Å². The quantitative estimate of drug-likeness (QED) is 0.798. The Hall–Kier alpha value is -2.76. The van der Waals surface area contributed by atoms with Crippen molar-refractivity contribution in [1.29, 1.82) is 0 Å². The van der Waals surface area contributed by atoms with Crippen molar-refractivity contribution in [3.8, 4) is 11.1 Å². The fraction of sp³-hybridized carbons (Fsp3) is 0.368. The van der Waals surface area contributed by atoms with Gasteiger partial charge in [0, 0.05) is 30.9 Å². The van der Waals surface area contributed by atoms with Gasteiger partial charge in [0.05, 0.1) is 17.6 Å². The summed E-state index contributed by atoms with van der Waals surface area (Å²) in [6, 6.07) is 6.44. The predicted molar refractivity (Wildman–Crippen MR) is 100.0 cm³/mol. The smallest absolute Gasteiger partial charge is 0.404 e. The standard InChI is InChI=1S/C19H24N4O2/c1-12-7-13(2)9-14(8-12)16-10-21-11-17(20)18(16)23-5-3-15(4-6-23)22-19(24)25/h7-11,15,22H,3-6,20H2,1-2H3,(H,24,25). The highest BCUT2D eigenvalue weighted by molar-refractivity contribution is 5.86. The molecule has 6 nitrogen and oxygen atoms in total. The van der Waals surface area contributed by atoms with Gasteiger partial charge in [0.25, 0.3) is 0 Å². The first-order valence-corrected chi connectivity index (χ1v) is 8.50. The first-order valence-electron chi connectivity index (χ1n) is 8.50. The Bertz CT molecular complexity index is 763. The van der Waals surface area contributed by atoms with Crippen molar-refractivity contribution in [1.82, 2.24) is 10.3 Å². The fourth-order valence-electron chi connectivity index (χ4n) is 3.59. The zero-order valence-electron chi connectivity index (χ0n) is 14.6. The molecule has 25 heavy (non-hydrogen) atoms. The number of anilines is 2. The lowest BCUT2D eigenvalue weighted by Gasteiger charge is -2.35. The van der Waals surface area contributed by atoms with E-state index in [0.717, 1.165) is 42.7 Å². The minimum Gasteiger partial charge on any atom is -0.465 e. The average Bonchev–Trinajstić information content (AvgIpc) is 2.54. The number of amides is 1. The van der Waals surface area contributed by atoms with Gasteiger partial charge in [-0.2, -0.15) is 0 Å². The summed E-state index contributed by atoms with van der Waals surface area (Å²) in [5.74, 6) is 0. The topological polar surface area (TPSA) is 91.5 Å². The monoisotopic (exact) mass is 340 g/mol. The van der Waals surface area contributed by atoms with Gasteiger partial charge in [-0.15, -0.1) is 0 Å². The summed E-state index contributed by atoms with van der Waals surface area (Å²) in [7, 11) is 0. The zero-order valence-corrected chi connectivity index (χ0v) is 14.6. The van der Waals surface area contributed by atoms with Gasteiger partial charge >= 0.3 is 6.09 Å². The zero-order chi connectivity index (χ0) is 18.0. The summed E-state index contributed by atoms with van der Waals surface area (Å²) >= 11 is 0. The van der Waals surface area contributed by atoms with Crippen LogP contribution in [0.3, 0.4) is 0 Å². The van der Waals surface area contributed by atoms with E-state index in [1.54, 1.807) is 6.20 Å². The second kappa shape index (κ2) is 7.01. The molecule has 1 amide bonds. The van der Waals surface area contributed by atoms with Gasteiger partial charge in [0.1, 0.15) is 0 Å². The molecular weight excluding hydrogens is 316 g/mol. The van der Waals surface area contributed by atoms with Crippen LogP contribution in [0.5, 0.6) is 0 Å². The summed E-state index contributed by atoms with van der Waals surface area (Å²) in [6.07, 6.45) is 4.11. The molecule has 1 aliphatic rings. The molecule has 1 saturated heterocycles. The Labute approximate surface area is 147 Å². The summed E-state index contributed by atoms with van der Waals surface area (Å²) in [5, 5.41) is 11.5. The van der Waals surface area contributed by atoms with E-state index in [0.29, 0.717) is 5.69 Å². The van der Waals surface area contributed by atoms with E-state index in [2.05, 4.69) is 47.2 Å². The number of carboxylic acid groups (broad SMARTS) is 1. The Morgan fingerprint density at radius 2 is 1.84 bits per heavy atom. The number of nitrogens with one attached hydrogen (secondary N) is 1. The van der Waals surface area contributed by atoms with Crippen molar-refractivity contribution in [3.63, 3.8) is 0 Å². The number of aryl methyl sites for hydroxylation is 2. The summed E-state index contributed by atoms with van der Waals surface area (Å²) in [5.41, 5.74) is 12.5. The molecule has 0 atom stereocenters. The van der Waals surface area contributed by atoms with Crippen LogP contribution in [0.15, 0.2) is 30.6 Å². The van der Waals surface area contributed by atoms with E-state index in [9.17, 15) is 4.79 Å². The minimum absolute atomic E-state index is 0.00137. The molecule has 1 aromatic heterocycles. The molecule has 0 aliphatic carbocycles. The van der Waals surface area contributed by atoms with Crippen molar-refractivity contribution in [3.05, 3.63) is 41.7 Å². The Kier molecular flexibility index (Phi) is 4.79. The van der Waals surface area contributed by atoms with E-state index in [1.807, 2.05) is 6.20 Å². The number of nitrogen functional groups attached to an aromatic ring is 1. The van der Waals surface area contributed by atoms with Crippen LogP contribution in [0.25, 0.3) is 11.1 Å². The van der Waals surface area contributed by atoms with Crippen LogP contribution in [0.2, 0.25) is 0 Å². The molecule has 0 bridgehead atoms. The second-order valence-corrected chi connectivity index (χ2v) is 6.71. The highest BCUT2D eigenvalue weighted by atomic mass is 16.4. The first-order chi connectivity index (χ1) is 11.9. The highest BCUT2D eigenvalue weighted by Crippen LogP contribution is 2.37. The largest absolute Gasteiger partial charge is 0.465 e. The van der Waals surface area contributed by atoms with Gasteiger partial charge in [-0.05, 0) is 32.3 Å². The van der Waals surface area contributed by atoms with Gasteiger partial charge < -0.3 is 21.1 Å². The number of nitrogens with zero attached hydrogens (tertiary/aromatic N) is 2. The number of aromatic nitrogens is 1. The molecule has 1 aliphatic heterocycles. The number of piperidine rings is 1. The Morgan fingerprint density at radius 3 is 2.44 bits per heavy atom. The van der Waals surface area contributed by atoms with E-state index in [4.69, 9.17) is 10.8 Å². The van der Waals surface area contributed by atoms with Gasteiger partial charge in [-0.25, -0.2) is 4.79 Å².